The molecule has 1 unspecified atom stereocenters. The number of hydrogen-bond donors (Lipinski definition) is 1. The molecule has 0 saturated carbocycles. The molecule has 1 saturated heterocycles. The molecule has 8 heteroatoms. The molecule has 0 radical (unpaired) electrons. The monoisotopic (exact) mass is 450 g/mol. The number of aryl methyl sites for hydroxylation is 1. The number of nitrogen functional groups attached to an aromatic ring is 1. The highest BCUT2D eigenvalue weighted by molar-refractivity contribution is 5.80. The molecule has 0 amide bonds. The van der Waals surface area contributed by atoms with E-state index >= 15 is 0 Å². The summed E-state index contributed by atoms with van der Waals surface area (Å²) in [6, 6.07) is 12.5. The van der Waals surface area contributed by atoms with Crippen molar-refractivity contribution in [3.05, 3.63) is 63.8 Å². The normalized spacial score (nSPS) is 19.1. The maximum absolute atomic E-state index is 13.8. The minimum absolute atomic E-state index is 0.208. The van der Waals surface area contributed by atoms with Crippen LogP contribution in [0, 0.1) is 0 Å². The first-order chi connectivity index (χ1) is 16.1. The Morgan fingerprint density at radius 1 is 1.03 bits per heavy atom. The van der Waals surface area contributed by atoms with Crippen molar-refractivity contribution in [3.8, 4) is 0 Å². The summed E-state index contributed by atoms with van der Waals surface area (Å²) in [6.07, 6.45) is 2.68. The van der Waals surface area contributed by atoms with Crippen LogP contribution in [0.3, 0.4) is 0 Å². The van der Waals surface area contributed by atoms with Crippen molar-refractivity contribution in [1.29, 1.82) is 0 Å². The van der Waals surface area contributed by atoms with Crippen LogP contribution in [0.4, 0.5) is 10.2 Å². The number of pyridine rings is 1. The molecule has 7 nitrogen and oxygen atoms in total. The molecule has 2 aliphatic rings. The Balaban J connectivity index is 1.11. The Kier molecular flexibility index (Phi) is 6.26. The van der Waals surface area contributed by atoms with Gasteiger partial charge in [-0.3, -0.25) is 9.69 Å². The SMILES string of the molecule is Nn1c(CCCCN2CCN(c3ccc4ccccc4n3)CC2)nc2c(c1=O)CCC(F)C2. The number of nitrogens with two attached hydrogens (primary N) is 1. The highest BCUT2D eigenvalue weighted by Crippen LogP contribution is 2.21. The Labute approximate surface area is 193 Å². The lowest BCUT2D eigenvalue weighted by Crippen LogP contribution is -2.46. The summed E-state index contributed by atoms with van der Waals surface area (Å²) in [4.78, 5) is 26.7. The fourth-order valence-electron chi connectivity index (χ4n) is 4.92. The van der Waals surface area contributed by atoms with E-state index in [1.165, 1.54) is 10.1 Å². The van der Waals surface area contributed by atoms with E-state index in [0.717, 1.165) is 56.9 Å². The average Bonchev–Trinajstić information content (AvgIpc) is 2.84. The summed E-state index contributed by atoms with van der Waals surface area (Å²) in [5, 5.41) is 1.17. The van der Waals surface area contributed by atoms with Crippen molar-refractivity contribution >= 4 is 16.7 Å². The second-order valence-electron chi connectivity index (χ2n) is 9.12. The molecule has 174 valence electrons. The summed E-state index contributed by atoms with van der Waals surface area (Å²) >= 11 is 0. The van der Waals surface area contributed by atoms with Crippen LogP contribution in [-0.4, -0.2) is 58.4 Å². The van der Waals surface area contributed by atoms with Crippen molar-refractivity contribution < 1.29 is 4.39 Å². The third kappa shape index (κ3) is 4.71. The first-order valence-electron chi connectivity index (χ1n) is 11.9. The average molecular weight is 451 g/mol. The number of rotatable bonds is 6. The van der Waals surface area contributed by atoms with E-state index < -0.39 is 6.17 Å². The van der Waals surface area contributed by atoms with E-state index in [0.29, 0.717) is 36.3 Å². The van der Waals surface area contributed by atoms with Crippen molar-refractivity contribution in [2.45, 2.75) is 44.7 Å². The van der Waals surface area contributed by atoms with Gasteiger partial charge in [0.15, 0.2) is 0 Å². The van der Waals surface area contributed by atoms with Gasteiger partial charge < -0.3 is 10.7 Å². The van der Waals surface area contributed by atoms with Crippen molar-refractivity contribution in [3.63, 3.8) is 0 Å². The molecular formula is C25H31FN6O. The Hall–Kier alpha value is -3.00. The number of benzene rings is 1. The Morgan fingerprint density at radius 2 is 1.85 bits per heavy atom. The maximum atomic E-state index is 13.8. The number of anilines is 1. The molecule has 1 fully saturated rings. The summed E-state index contributed by atoms with van der Waals surface area (Å²) in [5.74, 6) is 7.61. The molecule has 3 aromatic rings. The van der Waals surface area contributed by atoms with Crippen LogP contribution in [0.25, 0.3) is 10.9 Å². The Bertz CT molecular complexity index is 1190. The predicted molar refractivity (Wildman–Crippen MR) is 129 cm³/mol. The summed E-state index contributed by atoms with van der Waals surface area (Å²) in [5.41, 5.74) is 2.02. The fourth-order valence-corrected chi connectivity index (χ4v) is 4.92. The molecule has 1 atom stereocenters. The molecule has 1 aliphatic carbocycles. The number of unbranched alkanes of at least 4 members (excludes halogenated alkanes) is 1. The van der Waals surface area contributed by atoms with E-state index in [4.69, 9.17) is 10.8 Å². The number of para-hydroxylation sites is 1. The van der Waals surface area contributed by atoms with Crippen LogP contribution < -0.4 is 16.3 Å². The molecule has 5 rings (SSSR count). The third-order valence-electron chi connectivity index (χ3n) is 6.89. The highest BCUT2D eigenvalue weighted by atomic mass is 19.1. The second kappa shape index (κ2) is 9.47. The first kappa shape index (κ1) is 21.8. The molecule has 1 aromatic carbocycles. The summed E-state index contributed by atoms with van der Waals surface area (Å²) in [6.45, 7) is 4.94. The molecule has 0 spiro atoms. The van der Waals surface area contributed by atoms with Gasteiger partial charge in [0.05, 0.1) is 11.2 Å². The molecule has 0 bridgehead atoms. The van der Waals surface area contributed by atoms with Crippen LogP contribution in [0.5, 0.6) is 0 Å². The fraction of sp³-hybridized carbons (Fsp3) is 0.480. The largest absolute Gasteiger partial charge is 0.354 e. The minimum atomic E-state index is -0.908. The highest BCUT2D eigenvalue weighted by Gasteiger charge is 2.24. The molecule has 1 aliphatic heterocycles. The molecule has 3 heterocycles. The quantitative estimate of drug-likeness (QED) is 0.459. The van der Waals surface area contributed by atoms with Gasteiger partial charge in [-0.15, -0.1) is 0 Å². The number of nitrogens with zero attached hydrogens (tertiary/aromatic N) is 5. The van der Waals surface area contributed by atoms with Gasteiger partial charge in [0.25, 0.3) is 5.56 Å². The second-order valence-corrected chi connectivity index (χ2v) is 9.12. The summed E-state index contributed by atoms with van der Waals surface area (Å²) < 4.78 is 14.9. The van der Waals surface area contributed by atoms with Gasteiger partial charge in [-0.1, -0.05) is 18.2 Å². The van der Waals surface area contributed by atoms with Crippen molar-refractivity contribution in [2.75, 3.05) is 43.5 Å². The minimum Gasteiger partial charge on any atom is -0.354 e. The van der Waals surface area contributed by atoms with Gasteiger partial charge in [-0.25, -0.2) is 19.0 Å². The summed E-state index contributed by atoms with van der Waals surface area (Å²) in [7, 11) is 0. The maximum Gasteiger partial charge on any atom is 0.275 e. The van der Waals surface area contributed by atoms with Gasteiger partial charge in [-0.2, -0.15) is 0 Å². The van der Waals surface area contributed by atoms with Crippen molar-refractivity contribution in [1.82, 2.24) is 19.5 Å². The van der Waals surface area contributed by atoms with Gasteiger partial charge in [0.2, 0.25) is 0 Å². The zero-order chi connectivity index (χ0) is 22.8. The first-order valence-corrected chi connectivity index (χ1v) is 11.9. The van der Waals surface area contributed by atoms with E-state index in [9.17, 15) is 9.18 Å². The lowest BCUT2D eigenvalue weighted by Gasteiger charge is -2.35. The lowest BCUT2D eigenvalue weighted by molar-refractivity contribution is 0.252. The van der Waals surface area contributed by atoms with E-state index in [1.807, 2.05) is 12.1 Å². The molecule has 33 heavy (non-hydrogen) atoms. The third-order valence-corrected chi connectivity index (χ3v) is 6.89. The zero-order valence-electron chi connectivity index (χ0n) is 18.9. The van der Waals surface area contributed by atoms with Crippen LogP contribution in [0.1, 0.15) is 36.3 Å². The van der Waals surface area contributed by atoms with E-state index in [1.54, 1.807) is 0 Å². The number of halogens is 1. The number of hydrogen-bond acceptors (Lipinski definition) is 6. The van der Waals surface area contributed by atoms with Gasteiger partial charge in [0.1, 0.15) is 17.8 Å². The van der Waals surface area contributed by atoms with Crippen LogP contribution >= 0.6 is 0 Å². The van der Waals surface area contributed by atoms with E-state index in [2.05, 4.69) is 39.0 Å². The predicted octanol–water partition coefficient (Wildman–Crippen LogP) is 2.48. The number of aromatic nitrogens is 3. The van der Waals surface area contributed by atoms with Gasteiger partial charge in [-0.05, 0) is 50.4 Å². The van der Waals surface area contributed by atoms with Crippen LogP contribution in [0.2, 0.25) is 0 Å². The van der Waals surface area contributed by atoms with E-state index in [-0.39, 0.29) is 12.0 Å². The molecular weight excluding hydrogens is 419 g/mol. The standard InChI is InChI=1S/C25H31FN6O/c26-19-9-10-20-22(17-19)29-24(32(27)25(20)33)7-3-4-12-30-13-15-31(16-14-30)23-11-8-18-5-1-2-6-21(18)28-23/h1-2,5-6,8,11,19H,3-4,7,9-10,12-17,27H2. The van der Waals surface area contributed by atoms with Crippen LogP contribution in [0.15, 0.2) is 41.2 Å². The number of alkyl halides is 1. The van der Waals surface area contributed by atoms with Gasteiger partial charge >= 0.3 is 0 Å². The number of fused-ring (bicyclic) bond motifs is 2. The molecule has 2 aromatic heterocycles. The zero-order valence-corrected chi connectivity index (χ0v) is 18.9. The van der Waals surface area contributed by atoms with Gasteiger partial charge in [0, 0.05) is 50.0 Å². The molecule has 2 N–H and O–H groups in total. The lowest BCUT2D eigenvalue weighted by atomic mass is 9.95. The topological polar surface area (TPSA) is 80.3 Å². The number of piperazine rings is 1. The Morgan fingerprint density at radius 3 is 2.70 bits per heavy atom. The smallest absolute Gasteiger partial charge is 0.275 e. The van der Waals surface area contributed by atoms with Crippen molar-refractivity contribution in [2.24, 2.45) is 0 Å². The van der Waals surface area contributed by atoms with Crippen LogP contribution in [-0.2, 0) is 19.3 Å².